The highest BCUT2D eigenvalue weighted by molar-refractivity contribution is 5.30. The van der Waals surface area contributed by atoms with E-state index in [1.165, 1.54) is 6.07 Å². The zero-order chi connectivity index (χ0) is 11.4. The minimum atomic E-state index is -0.154. The van der Waals surface area contributed by atoms with Crippen LogP contribution in [-0.4, -0.2) is 7.05 Å². The van der Waals surface area contributed by atoms with Crippen LogP contribution in [0.3, 0.4) is 0 Å². The molecule has 0 aliphatic heterocycles. The Hall–Kier alpha value is -0.890. The van der Waals surface area contributed by atoms with Gasteiger partial charge < -0.3 is 5.32 Å². The van der Waals surface area contributed by atoms with E-state index in [4.69, 9.17) is 0 Å². The van der Waals surface area contributed by atoms with Gasteiger partial charge in [-0.05, 0) is 43.1 Å². The third kappa shape index (κ3) is 2.78. The van der Waals surface area contributed by atoms with Gasteiger partial charge in [0, 0.05) is 6.04 Å². The van der Waals surface area contributed by atoms with Crippen LogP contribution >= 0.6 is 0 Å². The van der Waals surface area contributed by atoms with Crippen molar-refractivity contribution in [1.82, 2.24) is 5.32 Å². The maximum Gasteiger partial charge on any atom is 0.123 e. The summed E-state index contributed by atoms with van der Waals surface area (Å²) >= 11 is 0. The summed E-state index contributed by atoms with van der Waals surface area (Å²) in [6.07, 6.45) is 1.08. The van der Waals surface area contributed by atoms with E-state index < -0.39 is 0 Å². The van der Waals surface area contributed by atoms with Crippen molar-refractivity contribution in [3.63, 3.8) is 0 Å². The molecule has 0 heterocycles. The molecule has 2 unspecified atom stereocenters. The van der Waals surface area contributed by atoms with Crippen LogP contribution in [0.2, 0.25) is 0 Å². The normalized spacial score (nSPS) is 15.0. The van der Waals surface area contributed by atoms with Crippen LogP contribution < -0.4 is 5.32 Å². The molecule has 0 saturated heterocycles. The number of benzene rings is 1. The van der Waals surface area contributed by atoms with Crippen LogP contribution in [0.15, 0.2) is 18.2 Å². The molecule has 0 aliphatic rings. The fraction of sp³-hybridized carbons (Fsp3) is 0.538. The first kappa shape index (κ1) is 12.2. The van der Waals surface area contributed by atoms with Crippen LogP contribution in [0.1, 0.15) is 37.4 Å². The van der Waals surface area contributed by atoms with Gasteiger partial charge in [0.15, 0.2) is 0 Å². The standard InChI is InChI=1S/C13H20FN/c1-5-9(2)13(15-4)12-8-11(14)7-6-10(12)3/h6-9,13,15H,5H2,1-4H3. The highest BCUT2D eigenvalue weighted by atomic mass is 19.1. The van der Waals surface area contributed by atoms with Gasteiger partial charge in [0.2, 0.25) is 0 Å². The molecule has 0 bridgehead atoms. The molecule has 0 aliphatic carbocycles. The van der Waals surface area contributed by atoms with Crippen molar-refractivity contribution in [3.05, 3.63) is 35.1 Å². The fourth-order valence-electron chi connectivity index (χ4n) is 1.93. The molecular weight excluding hydrogens is 189 g/mol. The molecule has 0 radical (unpaired) electrons. The number of hydrogen-bond acceptors (Lipinski definition) is 1. The zero-order valence-corrected chi connectivity index (χ0v) is 9.97. The Morgan fingerprint density at radius 3 is 2.60 bits per heavy atom. The van der Waals surface area contributed by atoms with E-state index in [-0.39, 0.29) is 11.9 Å². The predicted molar refractivity (Wildman–Crippen MR) is 62.4 cm³/mol. The van der Waals surface area contributed by atoms with Crippen molar-refractivity contribution in [3.8, 4) is 0 Å². The quantitative estimate of drug-likeness (QED) is 0.801. The van der Waals surface area contributed by atoms with Gasteiger partial charge in [-0.3, -0.25) is 0 Å². The van der Waals surface area contributed by atoms with E-state index in [0.717, 1.165) is 17.5 Å². The Labute approximate surface area is 91.7 Å². The van der Waals surface area contributed by atoms with Gasteiger partial charge in [-0.2, -0.15) is 0 Å². The Bertz CT molecular complexity index is 322. The fourth-order valence-corrected chi connectivity index (χ4v) is 1.93. The summed E-state index contributed by atoms with van der Waals surface area (Å²) in [5.41, 5.74) is 2.22. The van der Waals surface area contributed by atoms with Crippen LogP contribution in [0.25, 0.3) is 0 Å². The minimum absolute atomic E-state index is 0.154. The summed E-state index contributed by atoms with van der Waals surface area (Å²) in [6, 6.07) is 5.24. The number of halogens is 1. The first-order valence-electron chi connectivity index (χ1n) is 5.53. The highest BCUT2D eigenvalue weighted by Gasteiger charge is 2.18. The minimum Gasteiger partial charge on any atom is -0.313 e. The van der Waals surface area contributed by atoms with Crippen molar-refractivity contribution < 1.29 is 4.39 Å². The first-order chi connectivity index (χ1) is 7.10. The van der Waals surface area contributed by atoms with Crippen LogP contribution in [-0.2, 0) is 0 Å². The van der Waals surface area contributed by atoms with Crippen molar-refractivity contribution in [2.45, 2.75) is 33.2 Å². The van der Waals surface area contributed by atoms with E-state index in [2.05, 4.69) is 19.2 Å². The molecule has 0 fully saturated rings. The maximum absolute atomic E-state index is 13.2. The van der Waals surface area contributed by atoms with Crippen molar-refractivity contribution in [1.29, 1.82) is 0 Å². The average molecular weight is 209 g/mol. The predicted octanol–water partition coefficient (Wildman–Crippen LogP) is 3.44. The largest absolute Gasteiger partial charge is 0.313 e. The number of hydrogen-bond donors (Lipinski definition) is 1. The van der Waals surface area contributed by atoms with Gasteiger partial charge in [0.25, 0.3) is 0 Å². The maximum atomic E-state index is 13.2. The molecule has 15 heavy (non-hydrogen) atoms. The third-order valence-electron chi connectivity index (χ3n) is 3.10. The van der Waals surface area contributed by atoms with Gasteiger partial charge >= 0.3 is 0 Å². The molecule has 0 spiro atoms. The van der Waals surface area contributed by atoms with Gasteiger partial charge in [-0.15, -0.1) is 0 Å². The molecular formula is C13H20FN. The lowest BCUT2D eigenvalue weighted by Crippen LogP contribution is -2.24. The highest BCUT2D eigenvalue weighted by Crippen LogP contribution is 2.27. The summed E-state index contributed by atoms with van der Waals surface area (Å²) in [7, 11) is 1.93. The van der Waals surface area contributed by atoms with E-state index in [9.17, 15) is 4.39 Å². The van der Waals surface area contributed by atoms with E-state index in [0.29, 0.717) is 5.92 Å². The summed E-state index contributed by atoms with van der Waals surface area (Å²) < 4.78 is 13.2. The SMILES string of the molecule is CCC(C)C(NC)c1cc(F)ccc1C. The lowest BCUT2D eigenvalue weighted by Gasteiger charge is -2.24. The summed E-state index contributed by atoms with van der Waals surface area (Å²) in [4.78, 5) is 0. The van der Waals surface area contributed by atoms with Gasteiger partial charge in [0.1, 0.15) is 5.82 Å². The van der Waals surface area contributed by atoms with Crippen LogP contribution in [0.5, 0.6) is 0 Å². The first-order valence-corrected chi connectivity index (χ1v) is 5.53. The molecule has 1 N–H and O–H groups in total. The molecule has 1 rings (SSSR count). The van der Waals surface area contributed by atoms with E-state index in [1.54, 1.807) is 6.07 Å². The molecule has 84 valence electrons. The Balaban J connectivity index is 3.05. The Morgan fingerprint density at radius 2 is 2.07 bits per heavy atom. The van der Waals surface area contributed by atoms with Crippen molar-refractivity contribution in [2.24, 2.45) is 5.92 Å². The van der Waals surface area contributed by atoms with E-state index >= 15 is 0 Å². The molecule has 1 aromatic carbocycles. The van der Waals surface area contributed by atoms with Crippen LogP contribution in [0.4, 0.5) is 4.39 Å². The second-order valence-electron chi connectivity index (χ2n) is 4.15. The van der Waals surface area contributed by atoms with Gasteiger partial charge in [-0.25, -0.2) is 4.39 Å². The number of aryl methyl sites for hydroxylation is 1. The van der Waals surface area contributed by atoms with Crippen LogP contribution in [0, 0.1) is 18.7 Å². The molecule has 0 saturated carbocycles. The topological polar surface area (TPSA) is 12.0 Å². The molecule has 1 nitrogen and oxygen atoms in total. The summed E-state index contributed by atoms with van der Waals surface area (Å²) in [6.45, 7) is 6.37. The average Bonchev–Trinajstić information content (AvgIpc) is 2.23. The molecule has 1 aromatic rings. The second-order valence-corrected chi connectivity index (χ2v) is 4.15. The summed E-state index contributed by atoms with van der Waals surface area (Å²) in [5.74, 6) is 0.356. The Kier molecular flexibility index (Phi) is 4.28. The molecule has 2 atom stereocenters. The lowest BCUT2D eigenvalue weighted by atomic mass is 9.90. The smallest absolute Gasteiger partial charge is 0.123 e. The third-order valence-corrected chi connectivity index (χ3v) is 3.10. The summed E-state index contributed by atoms with van der Waals surface area (Å²) in [5, 5.41) is 3.27. The van der Waals surface area contributed by atoms with E-state index in [1.807, 2.05) is 20.0 Å². The van der Waals surface area contributed by atoms with Gasteiger partial charge in [-0.1, -0.05) is 26.3 Å². The molecule has 0 aromatic heterocycles. The van der Waals surface area contributed by atoms with Crippen molar-refractivity contribution >= 4 is 0 Å². The molecule has 2 heteroatoms. The van der Waals surface area contributed by atoms with Crippen molar-refractivity contribution in [2.75, 3.05) is 7.05 Å². The lowest BCUT2D eigenvalue weighted by molar-refractivity contribution is 0.397. The zero-order valence-electron chi connectivity index (χ0n) is 9.97. The number of rotatable bonds is 4. The second kappa shape index (κ2) is 5.26. The molecule has 0 amide bonds. The number of nitrogens with one attached hydrogen (secondary N) is 1. The van der Waals surface area contributed by atoms with Gasteiger partial charge in [0.05, 0.1) is 0 Å². The Morgan fingerprint density at radius 1 is 1.40 bits per heavy atom. The monoisotopic (exact) mass is 209 g/mol.